The van der Waals surface area contributed by atoms with Crippen LogP contribution in [0.5, 0.6) is 0 Å². The van der Waals surface area contributed by atoms with Crippen molar-refractivity contribution < 1.29 is 18.0 Å². The summed E-state index contributed by atoms with van der Waals surface area (Å²) in [4.78, 5) is 14.8. The van der Waals surface area contributed by atoms with E-state index in [0.717, 1.165) is 12.1 Å². The number of rotatable bonds is 2. The largest absolute Gasteiger partial charge is 0.466 e. The molecule has 94 valence electrons. The van der Waals surface area contributed by atoms with Crippen LogP contribution in [0, 0.1) is 25.7 Å². The third kappa shape index (κ3) is 2.37. The van der Waals surface area contributed by atoms with E-state index < -0.39 is 17.8 Å². The van der Waals surface area contributed by atoms with E-state index in [1.165, 1.54) is 0 Å². The maximum Gasteiger partial charge on any atom is 0.259 e. The number of halogens is 2. The van der Waals surface area contributed by atoms with Crippen LogP contribution in [-0.2, 0) is 0 Å². The van der Waals surface area contributed by atoms with Crippen molar-refractivity contribution in [2.75, 3.05) is 5.32 Å². The summed E-state index contributed by atoms with van der Waals surface area (Å²) in [6, 6.07) is 3.61. The molecule has 2 rings (SSSR count). The topological polar surface area (TPSA) is 55.1 Å². The van der Waals surface area contributed by atoms with Crippen molar-refractivity contribution in [2.24, 2.45) is 0 Å². The first kappa shape index (κ1) is 12.2. The number of nitrogens with one attached hydrogen (secondary N) is 1. The van der Waals surface area contributed by atoms with Gasteiger partial charge in [-0.15, -0.1) is 0 Å². The van der Waals surface area contributed by atoms with Crippen molar-refractivity contribution in [1.29, 1.82) is 0 Å². The quantitative estimate of drug-likeness (QED) is 0.836. The van der Waals surface area contributed by atoms with Crippen LogP contribution in [0.25, 0.3) is 0 Å². The van der Waals surface area contributed by atoms with Gasteiger partial charge in [-0.3, -0.25) is 4.79 Å². The third-order valence-corrected chi connectivity index (χ3v) is 2.35. The van der Waals surface area contributed by atoms with Crippen molar-refractivity contribution in [3.8, 4) is 0 Å². The maximum absolute atomic E-state index is 13.2. The first-order chi connectivity index (χ1) is 8.47. The van der Waals surface area contributed by atoms with Crippen LogP contribution in [-0.4, -0.2) is 10.9 Å². The Balaban J connectivity index is 2.24. The van der Waals surface area contributed by atoms with Gasteiger partial charge in [-0.05, 0) is 32.0 Å². The van der Waals surface area contributed by atoms with Gasteiger partial charge in [0.2, 0.25) is 11.9 Å². The van der Waals surface area contributed by atoms with Gasteiger partial charge in [-0.1, -0.05) is 0 Å². The normalized spacial score (nSPS) is 10.4. The Kier molecular flexibility index (Phi) is 3.10. The Hall–Kier alpha value is -2.24. The lowest BCUT2D eigenvalue weighted by molar-refractivity contribution is 0.102. The summed E-state index contributed by atoms with van der Waals surface area (Å²) in [6.45, 7) is 3.32. The third-order valence-electron chi connectivity index (χ3n) is 2.35. The monoisotopic (exact) mass is 252 g/mol. The first-order valence-corrected chi connectivity index (χ1v) is 5.18. The van der Waals surface area contributed by atoms with Gasteiger partial charge in [-0.2, -0.15) is 13.8 Å². The fraction of sp³-hybridized carbons (Fsp3) is 0.167. The number of aromatic nitrogens is 1. The molecule has 2 aromatic heterocycles. The van der Waals surface area contributed by atoms with Crippen molar-refractivity contribution in [2.45, 2.75) is 13.8 Å². The lowest BCUT2D eigenvalue weighted by Gasteiger charge is -2.04. The molecule has 0 aliphatic heterocycles. The minimum Gasteiger partial charge on any atom is -0.466 e. The summed E-state index contributed by atoms with van der Waals surface area (Å²) < 4.78 is 31.0. The molecule has 4 nitrogen and oxygen atoms in total. The molecule has 0 atom stereocenters. The van der Waals surface area contributed by atoms with Crippen molar-refractivity contribution in [3.05, 3.63) is 47.2 Å². The van der Waals surface area contributed by atoms with Gasteiger partial charge in [0, 0.05) is 0 Å². The molecule has 0 saturated carbocycles. The van der Waals surface area contributed by atoms with E-state index in [0.29, 0.717) is 17.1 Å². The number of anilines is 1. The molecule has 0 aromatic carbocycles. The molecule has 2 aromatic rings. The highest BCUT2D eigenvalue weighted by Gasteiger charge is 2.15. The number of carbonyl (C=O) groups is 1. The molecule has 0 saturated heterocycles. The van der Waals surface area contributed by atoms with E-state index >= 15 is 0 Å². The highest BCUT2D eigenvalue weighted by molar-refractivity contribution is 6.05. The average molecular weight is 252 g/mol. The molecular weight excluding hydrogens is 242 g/mol. The number of amides is 1. The summed E-state index contributed by atoms with van der Waals surface area (Å²) in [6.07, 6.45) is 0. The molecule has 0 unspecified atom stereocenters. The molecule has 0 aliphatic carbocycles. The SMILES string of the molecule is Cc1cc(C(=O)Nc2ccc(F)nc2F)c(C)o1. The standard InChI is InChI=1S/C12H10F2N2O2/c1-6-5-8(7(2)18-6)12(17)15-9-3-4-10(13)16-11(9)14/h3-5H,1-2H3,(H,15,17). The van der Waals surface area contributed by atoms with Crippen LogP contribution in [0.1, 0.15) is 21.9 Å². The second-order valence-corrected chi connectivity index (χ2v) is 3.75. The van der Waals surface area contributed by atoms with Crippen LogP contribution in [0.2, 0.25) is 0 Å². The zero-order valence-electron chi connectivity index (χ0n) is 9.75. The van der Waals surface area contributed by atoms with Gasteiger partial charge in [0.15, 0.2) is 0 Å². The van der Waals surface area contributed by atoms with Gasteiger partial charge in [0.25, 0.3) is 5.91 Å². The highest BCUT2D eigenvalue weighted by Crippen LogP contribution is 2.17. The molecule has 6 heteroatoms. The molecule has 18 heavy (non-hydrogen) atoms. The predicted molar refractivity (Wildman–Crippen MR) is 60.3 cm³/mol. The minimum absolute atomic E-state index is 0.181. The summed E-state index contributed by atoms with van der Waals surface area (Å²) in [5, 5.41) is 2.30. The lowest BCUT2D eigenvalue weighted by atomic mass is 10.2. The molecule has 1 N–H and O–H groups in total. The van der Waals surface area contributed by atoms with Crippen molar-refractivity contribution in [1.82, 2.24) is 4.98 Å². The van der Waals surface area contributed by atoms with Crippen LogP contribution in [0.4, 0.5) is 14.5 Å². The fourth-order valence-corrected chi connectivity index (χ4v) is 1.55. The van der Waals surface area contributed by atoms with Gasteiger partial charge in [-0.25, -0.2) is 0 Å². The van der Waals surface area contributed by atoms with Gasteiger partial charge >= 0.3 is 0 Å². The van der Waals surface area contributed by atoms with E-state index in [2.05, 4.69) is 10.3 Å². The zero-order valence-corrected chi connectivity index (χ0v) is 9.75. The van der Waals surface area contributed by atoms with E-state index in [-0.39, 0.29) is 5.69 Å². The van der Waals surface area contributed by atoms with Crippen LogP contribution >= 0.6 is 0 Å². The number of hydrogen-bond acceptors (Lipinski definition) is 3. The van der Waals surface area contributed by atoms with E-state index in [4.69, 9.17) is 4.42 Å². The number of furan rings is 1. The number of hydrogen-bond donors (Lipinski definition) is 1. The van der Waals surface area contributed by atoms with Gasteiger partial charge in [0.1, 0.15) is 11.5 Å². The van der Waals surface area contributed by atoms with Crippen LogP contribution < -0.4 is 5.32 Å². The van der Waals surface area contributed by atoms with Crippen molar-refractivity contribution >= 4 is 11.6 Å². The zero-order chi connectivity index (χ0) is 13.3. The van der Waals surface area contributed by atoms with E-state index in [9.17, 15) is 13.6 Å². The molecule has 2 heterocycles. The summed E-state index contributed by atoms with van der Waals surface area (Å²) >= 11 is 0. The van der Waals surface area contributed by atoms with Gasteiger partial charge < -0.3 is 9.73 Å². The van der Waals surface area contributed by atoms with Gasteiger partial charge in [0.05, 0.1) is 11.3 Å². The first-order valence-electron chi connectivity index (χ1n) is 5.18. The Labute approximate surface area is 102 Å². The maximum atomic E-state index is 13.2. The molecule has 0 fully saturated rings. The Morgan fingerprint density at radius 1 is 1.33 bits per heavy atom. The number of nitrogens with zero attached hydrogens (tertiary/aromatic N) is 1. The van der Waals surface area contributed by atoms with Crippen LogP contribution in [0.15, 0.2) is 22.6 Å². The summed E-state index contributed by atoms with van der Waals surface area (Å²) in [5.41, 5.74) is 0.121. The van der Waals surface area contributed by atoms with E-state index in [1.54, 1.807) is 19.9 Å². The number of pyridine rings is 1. The fourth-order valence-electron chi connectivity index (χ4n) is 1.55. The second kappa shape index (κ2) is 4.56. The average Bonchev–Trinajstić information content (AvgIpc) is 2.62. The second-order valence-electron chi connectivity index (χ2n) is 3.75. The molecule has 1 amide bonds. The molecule has 0 aliphatic rings. The highest BCUT2D eigenvalue weighted by atomic mass is 19.1. The number of aryl methyl sites for hydroxylation is 2. The van der Waals surface area contributed by atoms with Crippen molar-refractivity contribution in [3.63, 3.8) is 0 Å². The minimum atomic E-state index is -1.07. The molecule has 0 spiro atoms. The number of carbonyl (C=O) groups excluding carboxylic acids is 1. The summed E-state index contributed by atoms with van der Waals surface area (Å²) in [5.74, 6) is -1.53. The molecule has 0 radical (unpaired) electrons. The smallest absolute Gasteiger partial charge is 0.259 e. The lowest BCUT2D eigenvalue weighted by Crippen LogP contribution is -2.14. The predicted octanol–water partition coefficient (Wildman–Crippen LogP) is 2.82. The van der Waals surface area contributed by atoms with Crippen LogP contribution in [0.3, 0.4) is 0 Å². The Morgan fingerprint density at radius 2 is 2.06 bits per heavy atom. The molecular formula is C12H10F2N2O2. The van der Waals surface area contributed by atoms with E-state index in [1.807, 2.05) is 0 Å². The Morgan fingerprint density at radius 3 is 2.61 bits per heavy atom. The Bertz CT molecular complexity index is 608. The summed E-state index contributed by atoms with van der Waals surface area (Å²) in [7, 11) is 0. The molecule has 0 bridgehead atoms.